The van der Waals surface area contributed by atoms with Crippen molar-refractivity contribution in [3.8, 4) is 28.5 Å². The van der Waals surface area contributed by atoms with Crippen LogP contribution < -0.4 is 25.3 Å². The normalized spacial score (nSPS) is 10.5. The van der Waals surface area contributed by atoms with E-state index in [1.165, 1.54) is 0 Å². The summed E-state index contributed by atoms with van der Waals surface area (Å²) in [6.07, 6.45) is 5.31. The Morgan fingerprint density at radius 2 is 1.72 bits per heavy atom. The first-order valence-corrected chi connectivity index (χ1v) is 9.24. The molecule has 0 aliphatic rings. The van der Waals surface area contributed by atoms with E-state index in [0.717, 1.165) is 29.8 Å². The zero-order valence-electron chi connectivity index (χ0n) is 16.8. The van der Waals surface area contributed by atoms with Gasteiger partial charge in [-0.25, -0.2) is 9.97 Å². The Bertz CT molecular complexity index is 922. The van der Waals surface area contributed by atoms with Gasteiger partial charge in [0.1, 0.15) is 0 Å². The third-order valence-electron chi connectivity index (χ3n) is 4.33. The predicted octanol–water partition coefficient (Wildman–Crippen LogP) is 3.20. The molecule has 2 heterocycles. The molecule has 0 fully saturated rings. The van der Waals surface area contributed by atoms with E-state index in [4.69, 9.17) is 19.9 Å². The Morgan fingerprint density at radius 3 is 2.31 bits per heavy atom. The summed E-state index contributed by atoms with van der Waals surface area (Å²) in [5.74, 6) is 2.06. The number of ether oxygens (including phenoxy) is 3. The van der Waals surface area contributed by atoms with Crippen LogP contribution in [0.25, 0.3) is 11.3 Å². The lowest BCUT2D eigenvalue weighted by atomic mass is 10.1. The van der Waals surface area contributed by atoms with Gasteiger partial charge >= 0.3 is 0 Å². The largest absolute Gasteiger partial charge is 0.493 e. The van der Waals surface area contributed by atoms with Crippen LogP contribution >= 0.6 is 0 Å². The Hall–Kier alpha value is -3.39. The predicted molar refractivity (Wildman–Crippen MR) is 112 cm³/mol. The number of aryl methyl sites for hydroxylation is 1. The van der Waals surface area contributed by atoms with E-state index in [9.17, 15) is 0 Å². The minimum atomic E-state index is 0.448. The van der Waals surface area contributed by atoms with Gasteiger partial charge < -0.3 is 25.3 Å². The van der Waals surface area contributed by atoms with Gasteiger partial charge in [0.25, 0.3) is 0 Å². The molecule has 0 atom stereocenters. The van der Waals surface area contributed by atoms with E-state index in [-0.39, 0.29) is 0 Å². The van der Waals surface area contributed by atoms with Crippen LogP contribution in [0, 0.1) is 0 Å². The molecule has 0 bridgehead atoms. The van der Waals surface area contributed by atoms with E-state index in [2.05, 4.69) is 20.3 Å². The van der Waals surface area contributed by atoms with Crippen molar-refractivity contribution >= 4 is 11.6 Å². The second kappa shape index (κ2) is 9.70. The summed E-state index contributed by atoms with van der Waals surface area (Å²) in [5.41, 5.74) is 8.97. The van der Waals surface area contributed by atoms with Crippen molar-refractivity contribution in [2.24, 2.45) is 5.73 Å². The molecular formula is C21H25N5O3. The van der Waals surface area contributed by atoms with Gasteiger partial charge in [-0.05, 0) is 37.6 Å². The van der Waals surface area contributed by atoms with Crippen molar-refractivity contribution in [3.05, 3.63) is 48.4 Å². The van der Waals surface area contributed by atoms with Gasteiger partial charge in [-0.15, -0.1) is 0 Å². The first-order chi connectivity index (χ1) is 14.2. The van der Waals surface area contributed by atoms with Crippen LogP contribution in [-0.2, 0) is 6.42 Å². The molecule has 2 aromatic heterocycles. The molecule has 3 N–H and O–H groups in total. The summed E-state index contributed by atoms with van der Waals surface area (Å²) in [4.78, 5) is 13.4. The molecule has 3 aromatic rings. The van der Waals surface area contributed by atoms with Gasteiger partial charge in [0, 0.05) is 41.5 Å². The molecule has 152 valence electrons. The zero-order chi connectivity index (χ0) is 20.6. The lowest BCUT2D eigenvalue weighted by molar-refractivity contribution is 0.324. The standard InChI is InChI=1S/C21H25N5O3/c1-27-18-11-16(12-19(28-2)20(18)29-3)25-21-23-10-8-17(26-21)14-6-7-15(24-13-14)5-4-9-22/h6-8,10-13H,4-5,9,22H2,1-3H3,(H,23,25,26). The Morgan fingerprint density at radius 1 is 0.966 bits per heavy atom. The third kappa shape index (κ3) is 4.91. The summed E-state index contributed by atoms with van der Waals surface area (Å²) in [6, 6.07) is 9.44. The molecule has 0 spiro atoms. The molecule has 0 unspecified atom stereocenters. The number of hydrogen-bond acceptors (Lipinski definition) is 8. The van der Waals surface area contributed by atoms with Gasteiger partial charge in [0.2, 0.25) is 11.7 Å². The first-order valence-electron chi connectivity index (χ1n) is 9.24. The fourth-order valence-corrected chi connectivity index (χ4v) is 2.87. The highest BCUT2D eigenvalue weighted by Crippen LogP contribution is 2.40. The van der Waals surface area contributed by atoms with Gasteiger partial charge in [0.05, 0.1) is 27.0 Å². The summed E-state index contributed by atoms with van der Waals surface area (Å²) < 4.78 is 16.1. The number of rotatable bonds is 9. The molecule has 3 rings (SSSR count). The summed E-state index contributed by atoms with van der Waals surface area (Å²) in [5, 5.41) is 3.18. The number of methoxy groups -OCH3 is 3. The number of anilines is 2. The molecule has 8 nitrogen and oxygen atoms in total. The van der Waals surface area contributed by atoms with Crippen LogP contribution in [0.5, 0.6) is 17.2 Å². The summed E-state index contributed by atoms with van der Waals surface area (Å²) >= 11 is 0. The van der Waals surface area contributed by atoms with Crippen LogP contribution in [0.15, 0.2) is 42.7 Å². The maximum atomic E-state index is 5.56. The number of nitrogens with two attached hydrogens (primary N) is 1. The second-order valence-corrected chi connectivity index (χ2v) is 6.23. The quantitative estimate of drug-likeness (QED) is 0.569. The van der Waals surface area contributed by atoms with Crippen molar-refractivity contribution in [2.75, 3.05) is 33.2 Å². The Labute approximate surface area is 170 Å². The average Bonchev–Trinajstić information content (AvgIpc) is 2.77. The van der Waals surface area contributed by atoms with E-state index >= 15 is 0 Å². The monoisotopic (exact) mass is 395 g/mol. The topological polar surface area (TPSA) is 104 Å². The maximum Gasteiger partial charge on any atom is 0.227 e. The van der Waals surface area contributed by atoms with Gasteiger partial charge in [0.15, 0.2) is 11.5 Å². The summed E-state index contributed by atoms with van der Waals surface area (Å²) in [7, 11) is 4.71. The second-order valence-electron chi connectivity index (χ2n) is 6.23. The lowest BCUT2D eigenvalue weighted by Crippen LogP contribution is -2.02. The SMILES string of the molecule is COc1cc(Nc2nccc(-c3ccc(CCCN)nc3)n2)cc(OC)c1OC. The van der Waals surface area contributed by atoms with Gasteiger partial charge in [-0.3, -0.25) is 4.98 Å². The van der Waals surface area contributed by atoms with E-state index < -0.39 is 0 Å². The molecular weight excluding hydrogens is 370 g/mol. The molecule has 1 aromatic carbocycles. The molecule has 0 amide bonds. The van der Waals surface area contributed by atoms with Crippen molar-refractivity contribution in [1.29, 1.82) is 0 Å². The van der Waals surface area contributed by atoms with Crippen LogP contribution in [0.2, 0.25) is 0 Å². The van der Waals surface area contributed by atoms with Gasteiger partial charge in [-0.2, -0.15) is 0 Å². The minimum absolute atomic E-state index is 0.448. The highest BCUT2D eigenvalue weighted by Gasteiger charge is 2.14. The Kier molecular flexibility index (Phi) is 6.80. The minimum Gasteiger partial charge on any atom is -0.493 e. The first kappa shape index (κ1) is 20.3. The van der Waals surface area contributed by atoms with Crippen LogP contribution in [0.3, 0.4) is 0 Å². The van der Waals surface area contributed by atoms with Crippen LogP contribution in [-0.4, -0.2) is 42.8 Å². The molecule has 0 aliphatic heterocycles. The fourth-order valence-electron chi connectivity index (χ4n) is 2.87. The maximum absolute atomic E-state index is 5.56. The fraction of sp³-hybridized carbons (Fsp3) is 0.286. The highest BCUT2D eigenvalue weighted by atomic mass is 16.5. The third-order valence-corrected chi connectivity index (χ3v) is 4.33. The van der Waals surface area contributed by atoms with E-state index in [1.54, 1.807) is 39.7 Å². The van der Waals surface area contributed by atoms with E-state index in [1.807, 2.05) is 24.4 Å². The number of nitrogens with one attached hydrogen (secondary N) is 1. The number of pyridine rings is 1. The molecule has 29 heavy (non-hydrogen) atoms. The van der Waals surface area contributed by atoms with Crippen LogP contribution in [0.4, 0.5) is 11.6 Å². The number of hydrogen-bond donors (Lipinski definition) is 2. The van der Waals surface area contributed by atoms with Crippen molar-refractivity contribution in [3.63, 3.8) is 0 Å². The Balaban J connectivity index is 1.83. The lowest BCUT2D eigenvalue weighted by Gasteiger charge is -2.14. The molecule has 0 saturated carbocycles. The molecule has 0 aliphatic carbocycles. The molecule has 0 radical (unpaired) electrons. The number of benzene rings is 1. The molecule has 0 saturated heterocycles. The average molecular weight is 395 g/mol. The smallest absolute Gasteiger partial charge is 0.227 e. The zero-order valence-corrected chi connectivity index (χ0v) is 16.8. The van der Waals surface area contributed by atoms with Crippen molar-refractivity contribution in [1.82, 2.24) is 15.0 Å². The number of aromatic nitrogens is 3. The van der Waals surface area contributed by atoms with Crippen molar-refractivity contribution in [2.45, 2.75) is 12.8 Å². The number of nitrogens with zero attached hydrogens (tertiary/aromatic N) is 3. The highest BCUT2D eigenvalue weighted by molar-refractivity contribution is 5.67. The van der Waals surface area contributed by atoms with E-state index in [0.29, 0.717) is 35.4 Å². The van der Waals surface area contributed by atoms with Crippen molar-refractivity contribution < 1.29 is 14.2 Å². The molecule has 8 heteroatoms. The summed E-state index contributed by atoms with van der Waals surface area (Å²) in [6.45, 7) is 0.658. The van der Waals surface area contributed by atoms with Crippen LogP contribution in [0.1, 0.15) is 12.1 Å². The van der Waals surface area contributed by atoms with Gasteiger partial charge in [-0.1, -0.05) is 0 Å².